The fourth-order valence-electron chi connectivity index (χ4n) is 3.27. The summed E-state index contributed by atoms with van der Waals surface area (Å²) in [7, 11) is -3.69. The molecule has 4 rings (SSSR count). The van der Waals surface area contributed by atoms with Gasteiger partial charge >= 0.3 is 0 Å². The first kappa shape index (κ1) is 22.4. The molecule has 0 saturated carbocycles. The van der Waals surface area contributed by atoms with Crippen LogP contribution in [0.1, 0.15) is 16.8 Å². The third kappa shape index (κ3) is 5.15. The minimum absolute atomic E-state index is 0.108. The van der Waals surface area contributed by atoms with E-state index in [0.717, 1.165) is 10.3 Å². The van der Waals surface area contributed by atoms with Crippen molar-refractivity contribution < 1.29 is 13.2 Å². The first-order valence-corrected chi connectivity index (χ1v) is 12.8. The lowest BCUT2D eigenvalue weighted by Gasteiger charge is -2.19. The topological polar surface area (TPSA) is 80.2 Å². The van der Waals surface area contributed by atoms with Crippen LogP contribution in [0.5, 0.6) is 0 Å². The van der Waals surface area contributed by atoms with Crippen molar-refractivity contribution in [2.45, 2.75) is 19.2 Å². The maximum atomic E-state index is 13.3. The molecule has 0 saturated heterocycles. The highest BCUT2D eigenvalue weighted by molar-refractivity contribution is 7.91. The Morgan fingerprint density at radius 1 is 1.06 bits per heavy atom. The molecule has 0 N–H and O–H groups in total. The van der Waals surface area contributed by atoms with Gasteiger partial charge in [0.1, 0.15) is 5.75 Å². The van der Waals surface area contributed by atoms with Crippen LogP contribution in [0, 0.1) is 6.92 Å². The predicted molar refractivity (Wildman–Crippen MR) is 129 cm³/mol. The van der Waals surface area contributed by atoms with Gasteiger partial charge in [-0.15, -0.1) is 0 Å². The van der Waals surface area contributed by atoms with Crippen LogP contribution in [0.15, 0.2) is 66.9 Å². The summed E-state index contributed by atoms with van der Waals surface area (Å²) >= 11 is 7.61. The van der Waals surface area contributed by atoms with Crippen molar-refractivity contribution in [1.29, 1.82) is 0 Å². The van der Waals surface area contributed by atoms with Crippen LogP contribution in [-0.2, 0) is 26.9 Å². The molecule has 0 spiro atoms. The number of benzene rings is 2. The Balaban J connectivity index is 1.67. The average molecular weight is 486 g/mol. The van der Waals surface area contributed by atoms with E-state index in [2.05, 4.69) is 9.97 Å². The summed E-state index contributed by atoms with van der Waals surface area (Å²) in [5, 5.41) is 0.929. The Labute approximate surface area is 195 Å². The van der Waals surface area contributed by atoms with E-state index in [1.54, 1.807) is 48.7 Å². The number of anilines is 1. The zero-order chi connectivity index (χ0) is 22.7. The van der Waals surface area contributed by atoms with E-state index in [9.17, 15) is 13.2 Å². The second-order valence-corrected chi connectivity index (χ2v) is 10.8. The number of fused-ring (bicyclic) bond motifs is 1. The van der Waals surface area contributed by atoms with Crippen LogP contribution >= 0.6 is 22.9 Å². The number of sulfone groups is 1. The summed E-state index contributed by atoms with van der Waals surface area (Å²) in [6.07, 6.45) is 1.63. The van der Waals surface area contributed by atoms with E-state index in [1.165, 1.54) is 16.2 Å². The Morgan fingerprint density at radius 2 is 1.81 bits per heavy atom. The van der Waals surface area contributed by atoms with Gasteiger partial charge in [-0.25, -0.2) is 13.4 Å². The van der Waals surface area contributed by atoms with E-state index >= 15 is 0 Å². The van der Waals surface area contributed by atoms with Gasteiger partial charge in [-0.1, -0.05) is 65.4 Å². The standard InChI is InChI=1S/C23H20ClN3O3S2/c1-16-10-11-19(24)22-21(16)26-23(31-22)27(13-18-9-5-6-12-25-18)20(28)15-32(29,30)14-17-7-3-2-4-8-17/h2-12H,13-15H2,1H3. The lowest BCUT2D eigenvalue weighted by atomic mass is 10.2. The number of aryl methyl sites for hydroxylation is 1. The SMILES string of the molecule is Cc1ccc(Cl)c2sc(N(Cc3ccccn3)C(=O)CS(=O)(=O)Cc3ccccc3)nc12. The number of rotatable bonds is 7. The van der Waals surface area contributed by atoms with Gasteiger partial charge in [-0.2, -0.15) is 0 Å². The van der Waals surface area contributed by atoms with Gasteiger partial charge < -0.3 is 0 Å². The quantitative estimate of drug-likeness (QED) is 0.375. The minimum Gasteiger partial charge on any atom is -0.281 e. The lowest BCUT2D eigenvalue weighted by molar-refractivity contribution is -0.116. The molecular weight excluding hydrogens is 466 g/mol. The smallest absolute Gasteiger partial charge is 0.244 e. The van der Waals surface area contributed by atoms with Crippen LogP contribution in [0.3, 0.4) is 0 Å². The molecule has 0 atom stereocenters. The van der Waals surface area contributed by atoms with E-state index in [-0.39, 0.29) is 12.3 Å². The van der Waals surface area contributed by atoms with E-state index in [4.69, 9.17) is 11.6 Å². The molecule has 2 aromatic carbocycles. The summed E-state index contributed by atoms with van der Waals surface area (Å²) in [6.45, 7) is 2.02. The van der Waals surface area contributed by atoms with Crippen molar-refractivity contribution in [3.63, 3.8) is 0 Å². The molecular formula is C23H20ClN3O3S2. The van der Waals surface area contributed by atoms with Crippen molar-refractivity contribution in [1.82, 2.24) is 9.97 Å². The van der Waals surface area contributed by atoms with Crippen molar-refractivity contribution in [2.24, 2.45) is 0 Å². The first-order chi connectivity index (χ1) is 15.3. The normalized spacial score (nSPS) is 11.6. The monoisotopic (exact) mass is 485 g/mol. The van der Waals surface area contributed by atoms with E-state index in [1.807, 2.05) is 25.1 Å². The highest BCUT2D eigenvalue weighted by Gasteiger charge is 2.26. The van der Waals surface area contributed by atoms with Crippen molar-refractivity contribution >= 4 is 54.0 Å². The van der Waals surface area contributed by atoms with Gasteiger partial charge in [0, 0.05) is 6.20 Å². The molecule has 0 aliphatic rings. The highest BCUT2D eigenvalue weighted by atomic mass is 35.5. The van der Waals surface area contributed by atoms with Crippen LogP contribution in [-0.4, -0.2) is 30.0 Å². The Bertz CT molecular complexity index is 1320. The molecule has 164 valence electrons. The number of halogens is 1. The number of thiazole rings is 1. The summed E-state index contributed by atoms with van der Waals surface area (Å²) in [5.41, 5.74) is 2.89. The van der Waals surface area contributed by atoms with E-state index in [0.29, 0.717) is 26.9 Å². The molecule has 0 aliphatic heterocycles. The van der Waals surface area contributed by atoms with Crippen LogP contribution in [0.4, 0.5) is 5.13 Å². The van der Waals surface area contributed by atoms with Gasteiger partial charge in [-0.05, 0) is 36.2 Å². The maximum absolute atomic E-state index is 13.3. The molecule has 4 aromatic rings. The largest absolute Gasteiger partial charge is 0.281 e. The molecule has 0 aliphatic carbocycles. The van der Waals surface area contributed by atoms with Crippen molar-refractivity contribution in [3.05, 3.63) is 88.7 Å². The highest BCUT2D eigenvalue weighted by Crippen LogP contribution is 2.36. The zero-order valence-corrected chi connectivity index (χ0v) is 19.6. The van der Waals surface area contributed by atoms with Gasteiger partial charge in [0.25, 0.3) is 0 Å². The summed E-state index contributed by atoms with van der Waals surface area (Å²) < 4.78 is 26.3. The Hall–Kier alpha value is -2.81. The minimum atomic E-state index is -3.69. The first-order valence-electron chi connectivity index (χ1n) is 9.83. The number of aromatic nitrogens is 2. The van der Waals surface area contributed by atoms with Gasteiger partial charge in [-0.3, -0.25) is 14.7 Å². The Kier molecular flexibility index (Phi) is 6.55. The second kappa shape index (κ2) is 9.36. The Morgan fingerprint density at radius 3 is 2.50 bits per heavy atom. The fourth-order valence-corrected chi connectivity index (χ4v) is 5.94. The van der Waals surface area contributed by atoms with E-state index < -0.39 is 21.5 Å². The molecule has 0 fully saturated rings. The number of carbonyl (C=O) groups is 1. The number of hydrogen-bond acceptors (Lipinski definition) is 6. The number of nitrogens with zero attached hydrogens (tertiary/aromatic N) is 3. The summed E-state index contributed by atoms with van der Waals surface area (Å²) in [4.78, 5) is 23.5. The molecule has 1 amide bonds. The zero-order valence-electron chi connectivity index (χ0n) is 17.2. The fraction of sp³-hybridized carbons (Fsp3) is 0.174. The molecule has 2 heterocycles. The van der Waals surface area contributed by atoms with Crippen LogP contribution < -0.4 is 4.90 Å². The molecule has 2 aromatic heterocycles. The number of amides is 1. The number of pyridine rings is 1. The molecule has 6 nitrogen and oxygen atoms in total. The molecule has 0 bridgehead atoms. The van der Waals surface area contributed by atoms with Crippen LogP contribution in [0.2, 0.25) is 5.02 Å². The lowest BCUT2D eigenvalue weighted by Crippen LogP contribution is -2.36. The second-order valence-electron chi connectivity index (χ2n) is 7.36. The van der Waals surface area contributed by atoms with Crippen molar-refractivity contribution in [2.75, 3.05) is 10.7 Å². The predicted octanol–water partition coefficient (Wildman–Crippen LogP) is 4.80. The maximum Gasteiger partial charge on any atom is 0.244 e. The van der Waals surface area contributed by atoms with Crippen molar-refractivity contribution in [3.8, 4) is 0 Å². The van der Waals surface area contributed by atoms with Gasteiger partial charge in [0.2, 0.25) is 5.91 Å². The summed E-state index contributed by atoms with van der Waals surface area (Å²) in [6, 6.07) is 17.8. The van der Waals surface area contributed by atoms with Gasteiger partial charge in [0.15, 0.2) is 15.0 Å². The summed E-state index contributed by atoms with van der Waals surface area (Å²) in [5.74, 6) is -1.39. The van der Waals surface area contributed by atoms with Crippen LogP contribution in [0.25, 0.3) is 10.2 Å². The molecule has 9 heteroatoms. The molecule has 0 radical (unpaired) electrons. The number of hydrogen-bond donors (Lipinski definition) is 0. The molecule has 0 unspecified atom stereocenters. The number of carbonyl (C=O) groups excluding carboxylic acids is 1. The average Bonchev–Trinajstić information content (AvgIpc) is 3.22. The third-order valence-corrected chi connectivity index (χ3v) is 7.84. The molecule has 32 heavy (non-hydrogen) atoms. The van der Waals surface area contributed by atoms with Gasteiger partial charge in [0.05, 0.1) is 33.2 Å². The third-order valence-electron chi connectivity index (χ3n) is 4.84.